The third kappa shape index (κ3) is 5.48. The molecule has 3 nitrogen and oxygen atoms in total. The van der Waals surface area contributed by atoms with Gasteiger partial charge in [0.05, 0.1) is 28.7 Å². The van der Waals surface area contributed by atoms with Crippen LogP contribution in [-0.2, 0) is 17.1 Å². The zero-order valence-electron chi connectivity index (χ0n) is 10.7. The van der Waals surface area contributed by atoms with Gasteiger partial charge < -0.3 is 5.32 Å². The monoisotopic (exact) mass is 342 g/mol. The molecule has 1 rings (SSSR count). The number of nitrogens with zero attached hydrogens (tertiary/aromatic N) is 1. The lowest BCUT2D eigenvalue weighted by Crippen LogP contribution is -2.17. The molecule has 1 amide bonds. The van der Waals surface area contributed by atoms with Gasteiger partial charge in [-0.1, -0.05) is 0 Å². The summed E-state index contributed by atoms with van der Waals surface area (Å²) in [5.41, 5.74) is -3.63. The molecular formula is C12H8F6N2OS. The fourth-order valence-electron chi connectivity index (χ4n) is 1.41. The largest absolute Gasteiger partial charge is 0.416 e. The van der Waals surface area contributed by atoms with Crippen LogP contribution in [0.3, 0.4) is 0 Å². The number of benzene rings is 1. The van der Waals surface area contributed by atoms with Gasteiger partial charge in [-0.15, -0.1) is 11.8 Å². The Morgan fingerprint density at radius 2 is 1.59 bits per heavy atom. The lowest BCUT2D eigenvalue weighted by atomic mass is 10.1. The molecule has 0 aliphatic heterocycles. The minimum Gasteiger partial charge on any atom is -0.325 e. The zero-order valence-corrected chi connectivity index (χ0v) is 11.5. The first-order chi connectivity index (χ1) is 10.0. The van der Waals surface area contributed by atoms with E-state index in [4.69, 9.17) is 5.26 Å². The predicted molar refractivity (Wildman–Crippen MR) is 68.0 cm³/mol. The number of halogens is 6. The van der Waals surface area contributed by atoms with Crippen LogP contribution in [-0.4, -0.2) is 17.4 Å². The number of thioether (sulfide) groups is 1. The minimum absolute atomic E-state index is 0.0240. The van der Waals surface area contributed by atoms with Crippen molar-refractivity contribution in [2.75, 3.05) is 16.8 Å². The van der Waals surface area contributed by atoms with Crippen molar-refractivity contribution in [3.63, 3.8) is 0 Å². The second-order valence-electron chi connectivity index (χ2n) is 3.99. The third-order valence-electron chi connectivity index (χ3n) is 2.27. The summed E-state index contributed by atoms with van der Waals surface area (Å²) in [4.78, 5) is 11.4. The molecule has 0 unspecified atom stereocenters. The summed E-state index contributed by atoms with van der Waals surface area (Å²) >= 11 is 0.882. The van der Waals surface area contributed by atoms with Crippen LogP contribution in [0.4, 0.5) is 32.0 Å². The van der Waals surface area contributed by atoms with Crippen molar-refractivity contribution in [2.45, 2.75) is 12.4 Å². The third-order valence-corrected chi connectivity index (χ3v) is 3.07. The molecule has 0 aliphatic carbocycles. The number of nitriles is 1. The molecule has 0 atom stereocenters. The Labute approximate surface area is 125 Å². The molecule has 0 spiro atoms. The van der Waals surface area contributed by atoms with Crippen LogP contribution >= 0.6 is 11.8 Å². The van der Waals surface area contributed by atoms with Gasteiger partial charge in [0.2, 0.25) is 5.91 Å². The number of amides is 1. The molecule has 1 N–H and O–H groups in total. The summed E-state index contributed by atoms with van der Waals surface area (Å²) in [6.07, 6.45) is -9.95. The van der Waals surface area contributed by atoms with Crippen molar-refractivity contribution in [2.24, 2.45) is 0 Å². The SMILES string of the molecule is N#CCSCC(=O)Nc1cc(C(F)(F)F)cc(C(F)(F)F)c1. The number of rotatable bonds is 4. The van der Waals surface area contributed by atoms with E-state index in [-0.39, 0.29) is 17.6 Å². The number of carbonyl (C=O) groups is 1. The molecule has 120 valence electrons. The van der Waals surface area contributed by atoms with Crippen LogP contribution in [0.15, 0.2) is 18.2 Å². The number of nitrogens with one attached hydrogen (secondary N) is 1. The van der Waals surface area contributed by atoms with E-state index in [0.717, 1.165) is 11.8 Å². The molecule has 0 radical (unpaired) electrons. The Balaban J connectivity index is 3.04. The highest BCUT2D eigenvalue weighted by molar-refractivity contribution is 8.00. The van der Waals surface area contributed by atoms with Crippen molar-refractivity contribution >= 4 is 23.4 Å². The molecule has 1 aromatic rings. The van der Waals surface area contributed by atoms with Crippen LogP contribution in [0.5, 0.6) is 0 Å². The standard InChI is InChI=1S/C12H8F6N2OS/c13-11(14,15)7-3-8(12(16,17)18)5-9(4-7)20-10(21)6-22-2-1-19/h3-5H,2,6H2,(H,20,21). The van der Waals surface area contributed by atoms with Gasteiger partial charge in [-0.25, -0.2) is 0 Å². The summed E-state index contributed by atoms with van der Waals surface area (Å²) in [6.45, 7) is 0. The maximum absolute atomic E-state index is 12.6. The summed E-state index contributed by atoms with van der Waals surface area (Å²) < 4.78 is 75.6. The zero-order chi connectivity index (χ0) is 17.0. The van der Waals surface area contributed by atoms with E-state index in [0.29, 0.717) is 12.1 Å². The fraction of sp³-hybridized carbons (Fsp3) is 0.333. The van der Waals surface area contributed by atoms with Crippen molar-refractivity contribution < 1.29 is 31.1 Å². The first-order valence-corrected chi connectivity index (χ1v) is 6.73. The second-order valence-corrected chi connectivity index (χ2v) is 4.98. The van der Waals surface area contributed by atoms with Gasteiger partial charge in [0.25, 0.3) is 0 Å². The highest BCUT2D eigenvalue weighted by Gasteiger charge is 2.37. The van der Waals surface area contributed by atoms with E-state index in [1.807, 2.05) is 5.32 Å². The van der Waals surface area contributed by atoms with Crippen molar-refractivity contribution in [3.8, 4) is 6.07 Å². The number of hydrogen-bond acceptors (Lipinski definition) is 3. The average Bonchev–Trinajstić information content (AvgIpc) is 2.36. The summed E-state index contributed by atoms with van der Waals surface area (Å²) in [6, 6.07) is 2.54. The Kier molecular flexibility index (Phi) is 5.71. The first kappa shape index (κ1) is 18.2. The van der Waals surface area contributed by atoms with Crippen LogP contribution in [0, 0.1) is 11.3 Å². The Morgan fingerprint density at radius 1 is 1.09 bits per heavy atom. The van der Waals surface area contributed by atoms with Crippen LogP contribution in [0.1, 0.15) is 11.1 Å². The Morgan fingerprint density at radius 3 is 2.00 bits per heavy atom. The summed E-state index contributed by atoms with van der Waals surface area (Å²) in [5, 5.41) is 10.2. The number of hydrogen-bond donors (Lipinski definition) is 1. The van der Waals surface area contributed by atoms with E-state index in [1.54, 1.807) is 6.07 Å². The highest BCUT2D eigenvalue weighted by atomic mass is 32.2. The topological polar surface area (TPSA) is 52.9 Å². The van der Waals surface area contributed by atoms with E-state index in [1.165, 1.54) is 0 Å². The highest BCUT2D eigenvalue weighted by Crippen LogP contribution is 2.37. The summed E-state index contributed by atoms with van der Waals surface area (Å²) in [7, 11) is 0. The molecule has 0 saturated heterocycles. The fourth-order valence-corrected chi connectivity index (χ4v) is 1.86. The number of anilines is 1. The first-order valence-electron chi connectivity index (χ1n) is 5.58. The molecular weight excluding hydrogens is 334 g/mol. The molecule has 10 heteroatoms. The van der Waals surface area contributed by atoms with Gasteiger partial charge in [-0.3, -0.25) is 4.79 Å². The van der Waals surface area contributed by atoms with Gasteiger partial charge in [0, 0.05) is 5.69 Å². The second kappa shape index (κ2) is 6.91. The summed E-state index contributed by atoms with van der Waals surface area (Å²) in [5.74, 6) is -1.08. The quantitative estimate of drug-likeness (QED) is 0.667. The smallest absolute Gasteiger partial charge is 0.325 e. The van der Waals surface area contributed by atoms with Crippen molar-refractivity contribution in [1.82, 2.24) is 0 Å². The molecule has 1 aromatic carbocycles. The van der Waals surface area contributed by atoms with Gasteiger partial charge in [-0.05, 0) is 18.2 Å². The van der Waals surface area contributed by atoms with Crippen molar-refractivity contribution in [3.05, 3.63) is 29.3 Å². The van der Waals surface area contributed by atoms with E-state index >= 15 is 0 Å². The maximum Gasteiger partial charge on any atom is 0.416 e. The molecule has 0 heterocycles. The molecule has 22 heavy (non-hydrogen) atoms. The maximum atomic E-state index is 12.6. The molecule has 0 fully saturated rings. The van der Waals surface area contributed by atoms with Gasteiger partial charge >= 0.3 is 12.4 Å². The molecule has 0 saturated carbocycles. The lowest BCUT2D eigenvalue weighted by Gasteiger charge is -2.14. The van der Waals surface area contributed by atoms with Crippen molar-refractivity contribution in [1.29, 1.82) is 5.26 Å². The van der Waals surface area contributed by atoms with Gasteiger partial charge in [0.15, 0.2) is 0 Å². The molecule has 0 aromatic heterocycles. The molecule has 0 aliphatic rings. The van der Waals surface area contributed by atoms with Crippen LogP contribution in [0.2, 0.25) is 0 Å². The lowest BCUT2D eigenvalue weighted by molar-refractivity contribution is -0.143. The van der Waals surface area contributed by atoms with Crippen LogP contribution < -0.4 is 5.32 Å². The van der Waals surface area contributed by atoms with Crippen LogP contribution in [0.25, 0.3) is 0 Å². The average molecular weight is 342 g/mol. The van der Waals surface area contributed by atoms with E-state index in [2.05, 4.69) is 0 Å². The minimum atomic E-state index is -4.98. The van der Waals surface area contributed by atoms with E-state index < -0.39 is 35.1 Å². The van der Waals surface area contributed by atoms with Gasteiger partial charge in [-0.2, -0.15) is 31.6 Å². The normalized spacial score (nSPS) is 11.9. The van der Waals surface area contributed by atoms with E-state index in [9.17, 15) is 31.1 Å². The van der Waals surface area contributed by atoms with Gasteiger partial charge in [0.1, 0.15) is 0 Å². The number of carbonyl (C=O) groups excluding carboxylic acids is 1. The number of alkyl halides is 6. The molecule has 0 bridgehead atoms. The predicted octanol–water partition coefficient (Wildman–Crippen LogP) is 3.92. The Hall–Kier alpha value is -1.89. The Bertz CT molecular complexity index is 558.